The quantitative estimate of drug-likeness (QED) is 0.318. The Morgan fingerprint density at radius 1 is 1.07 bits per heavy atom. The minimum atomic E-state index is 0. The summed E-state index contributed by atoms with van der Waals surface area (Å²) in [5, 5.41) is 0. The van der Waals surface area contributed by atoms with Gasteiger partial charge in [0.2, 0.25) is 0 Å². The molecular weight excluding hydrogens is 190 g/mol. The predicted molar refractivity (Wildman–Crippen MR) is 52.3 cm³/mol. The van der Waals surface area contributed by atoms with Crippen LogP contribution in [0.25, 0.3) is 0 Å². The van der Waals surface area contributed by atoms with Crippen molar-refractivity contribution in [2.24, 2.45) is 0 Å². The van der Waals surface area contributed by atoms with Crippen LogP contribution < -0.4 is 59.1 Å². The van der Waals surface area contributed by atoms with Crippen LogP contribution in [0.2, 0.25) is 0 Å². The summed E-state index contributed by atoms with van der Waals surface area (Å²) in [6.07, 6.45) is 19.4. The van der Waals surface area contributed by atoms with Crippen LogP contribution >= 0.6 is 0 Å². The molecule has 0 aromatic rings. The Bertz CT molecular complexity index is 283. The molecule has 2 heteroatoms. The summed E-state index contributed by atoms with van der Waals surface area (Å²) >= 11 is 0. The number of hydrogen-bond acceptors (Lipinski definition) is 0. The summed E-state index contributed by atoms with van der Waals surface area (Å²) < 4.78 is 0. The molecular formula is C12H12Na2. The topological polar surface area (TPSA) is 0 Å². The van der Waals surface area contributed by atoms with Crippen LogP contribution in [-0.4, -0.2) is 0 Å². The van der Waals surface area contributed by atoms with E-state index in [4.69, 9.17) is 0 Å². The van der Waals surface area contributed by atoms with E-state index in [1.165, 1.54) is 11.1 Å². The van der Waals surface area contributed by atoms with Crippen LogP contribution in [0.1, 0.15) is 12.8 Å². The molecule has 0 aliphatic heterocycles. The Kier molecular flexibility index (Phi) is 8.32. The summed E-state index contributed by atoms with van der Waals surface area (Å²) in [6, 6.07) is 0. The minimum Gasteiger partial charge on any atom is -0.228 e. The molecule has 14 heavy (non-hydrogen) atoms. The van der Waals surface area contributed by atoms with Gasteiger partial charge in [0.05, 0.1) is 0 Å². The third kappa shape index (κ3) is 4.06. The first kappa shape index (κ1) is 14.7. The van der Waals surface area contributed by atoms with Gasteiger partial charge in [0.15, 0.2) is 0 Å². The van der Waals surface area contributed by atoms with Crippen LogP contribution in [0, 0.1) is 12.8 Å². The van der Waals surface area contributed by atoms with Crippen LogP contribution in [0.15, 0.2) is 47.6 Å². The van der Waals surface area contributed by atoms with Gasteiger partial charge in [-0.25, -0.2) is 18.6 Å². The SMILES string of the molecule is C1=C[CH-]CC(C2=C[CH-]C=CC2)=C1.[Na+].[Na+]. The van der Waals surface area contributed by atoms with Gasteiger partial charge in [-0.1, -0.05) is 12.8 Å². The Morgan fingerprint density at radius 3 is 2.50 bits per heavy atom. The predicted octanol–water partition coefficient (Wildman–Crippen LogP) is -2.82. The van der Waals surface area contributed by atoms with E-state index in [0.29, 0.717) is 0 Å². The molecule has 62 valence electrons. The smallest absolute Gasteiger partial charge is 0.228 e. The third-order valence-electron chi connectivity index (χ3n) is 2.18. The first-order valence-electron chi connectivity index (χ1n) is 4.35. The molecule has 0 bridgehead atoms. The van der Waals surface area contributed by atoms with Crippen LogP contribution in [0.4, 0.5) is 0 Å². The fourth-order valence-electron chi connectivity index (χ4n) is 1.50. The van der Waals surface area contributed by atoms with Crippen molar-refractivity contribution in [3.63, 3.8) is 0 Å². The monoisotopic (exact) mass is 202 g/mol. The molecule has 0 saturated heterocycles. The molecule has 0 atom stereocenters. The average Bonchev–Trinajstić information content (AvgIpc) is 2.21. The van der Waals surface area contributed by atoms with E-state index in [0.717, 1.165) is 12.8 Å². The molecule has 0 aromatic heterocycles. The number of rotatable bonds is 1. The van der Waals surface area contributed by atoms with Crippen molar-refractivity contribution in [2.45, 2.75) is 12.8 Å². The zero-order valence-corrected chi connectivity index (χ0v) is 13.0. The molecule has 0 amide bonds. The van der Waals surface area contributed by atoms with Gasteiger partial charge in [0.1, 0.15) is 0 Å². The zero-order chi connectivity index (χ0) is 8.23. The Balaban J connectivity index is 0.000000845. The first-order chi connectivity index (χ1) is 5.97. The van der Waals surface area contributed by atoms with Gasteiger partial charge in [0, 0.05) is 0 Å². The van der Waals surface area contributed by atoms with E-state index in [2.05, 4.69) is 49.3 Å². The Labute approximate surface area is 131 Å². The van der Waals surface area contributed by atoms with Gasteiger partial charge in [-0.05, 0) is 0 Å². The third-order valence-corrected chi connectivity index (χ3v) is 2.18. The molecule has 0 aromatic carbocycles. The van der Waals surface area contributed by atoms with Gasteiger partial charge >= 0.3 is 59.1 Å². The number of hydrogen-bond donors (Lipinski definition) is 0. The van der Waals surface area contributed by atoms with Gasteiger partial charge in [-0.15, -0.1) is 5.57 Å². The average molecular weight is 202 g/mol. The molecule has 2 aliphatic carbocycles. The molecule has 0 fully saturated rings. The molecule has 0 saturated carbocycles. The Hall–Kier alpha value is 0.700. The summed E-state index contributed by atoms with van der Waals surface area (Å²) in [5.74, 6) is 0. The van der Waals surface area contributed by atoms with Crippen molar-refractivity contribution in [1.29, 1.82) is 0 Å². The second-order valence-corrected chi connectivity index (χ2v) is 3.03. The van der Waals surface area contributed by atoms with Crippen LogP contribution in [0.5, 0.6) is 0 Å². The molecule has 0 unspecified atom stereocenters. The first-order valence-corrected chi connectivity index (χ1v) is 4.35. The maximum Gasteiger partial charge on any atom is 1.00 e. The van der Waals surface area contributed by atoms with Crippen molar-refractivity contribution >= 4 is 0 Å². The second kappa shape index (κ2) is 7.92. The van der Waals surface area contributed by atoms with Gasteiger partial charge in [-0.3, -0.25) is 0 Å². The molecule has 2 rings (SSSR count). The maximum absolute atomic E-state index is 2.21. The van der Waals surface area contributed by atoms with E-state index < -0.39 is 0 Å². The summed E-state index contributed by atoms with van der Waals surface area (Å²) in [5.41, 5.74) is 2.91. The fraction of sp³-hybridized carbons (Fsp3) is 0.167. The molecule has 0 heterocycles. The Morgan fingerprint density at radius 2 is 1.93 bits per heavy atom. The standard InChI is InChI=1S/C12H12.2Na/c1-3-7-11(8-4-1)12-9-5-2-6-10-12;;/h1-7,9H,8,10H2;;/q-2;2*+1. The van der Waals surface area contributed by atoms with E-state index in [1.807, 2.05) is 0 Å². The maximum atomic E-state index is 2.21. The van der Waals surface area contributed by atoms with Crippen molar-refractivity contribution in [3.8, 4) is 0 Å². The fourth-order valence-corrected chi connectivity index (χ4v) is 1.50. The molecule has 0 spiro atoms. The second-order valence-electron chi connectivity index (χ2n) is 3.03. The van der Waals surface area contributed by atoms with E-state index in [9.17, 15) is 0 Å². The van der Waals surface area contributed by atoms with Crippen molar-refractivity contribution in [2.75, 3.05) is 0 Å². The molecule has 0 N–H and O–H groups in total. The van der Waals surface area contributed by atoms with Gasteiger partial charge in [-0.2, -0.15) is 36.3 Å². The number of allylic oxidation sites excluding steroid dienone is 8. The van der Waals surface area contributed by atoms with Crippen LogP contribution in [-0.2, 0) is 0 Å². The van der Waals surface area contributed by atoms with Crippen LogP contribution in [0.3, 0.4) is 0 Å². The van der Waals surface area contributed by atoms with E-state index >= 15 is 0 Å². The van der Waals surface area contributed by atoms with Crippen molar-refractivity contribution in [1.82, 2.24) is 0 Å². The van der Waals surface area contributed by atoms with E-state index in [1.54, 1.807) is 0 Å². The zero-order valence-electron chi connectivity index (χ0n) is 9.03. The molecule has 2 aliphatic rings. The van der Waals surface area contributed by atoms with Gasteiger partial charge in [0.25, 0.3) is 0 Å². The summed E-state index contributed by atoms with van der Waals surface area (Å²) in [7, 11) is 0. The van der Waals surface area contributed by atoms with Gasteiger partial charge < -0.3 is 0 Å². The summed E-state index contributed by atoms with van der Waals surface area (Å²) in [6.45, 7) is 0. The van der Waals surface area contributed by atoms with E-state index in [-0.39, 0.29) is 59.1 Å². The summed E-state index contributed by atoms with van der Waals surface area (Å²) in [4.78, 5) is 0. The normalized spacial score (nSPS) is 17.7. The minimum absolute atomic E-state index is 0. The van der Waals surface area contributed by atoms with Crippen molar-refractivity contribution < 1.29 is 59.1 Å². The molecule has 0 radical (unpaired) electrons. The van der Waals surface area contributed by atoms with Crippen molar-refractivity contribution in [3.05, 3.63) is 60.4 Å². The molecule has 0 nitrogen and oxygen atoms in total. The largest absolute Gasteiger partial charge is 1.00 e.